The van der Waals surface area contributed by atoms with Gasteiger partial charge in [0.25, 0.3) is 0 Å². The van der Waals surface area contributed by atoms with Crippen molar-refractivity contribution in [3.63, 3.8) is 0 Å². The van der Waals surface area contributed by atoms with Gasteiger partial charge in [-0.1, -0.05) is 53.5 Å². The molecule has 8 rings (SSSR count). The predicted molar refractivity (Wildman–Crippen MR) is 242 cm³/mol. The van der Waals surface area contributed by atoms with E-state index in [1.54, 1.807) is 24.4 Å². The number of hydrogen-bond acceptors (Lipinski definition) is 10. The molecule has 1 amide bonds. The summed E-state index contributed by atoms with van der Waals surface area (Å²) >= 11 is 0. The van der Waals surface area contributed by atoms with Crippen molar-refractivity contribution in [2.45, 2.75) is 127 Å². The largest absolute Gasteiger partial charge is 0.468 e. The zero-order chi connectivity index (χ0) is 45.2. The average Bonchev–Trinajstić information content (AvgIpc) is 3.42. The number of anilines is 1. The Morgan fingerprint density at radius 3 is 2.48 bits per heavy atom. The van der Waals surface area contributed by atoms with Gasteiger partial charge in [0.1, 0.15) is 55.0 Å². The van der Waals surface area contributed by atoms with Crippen molar-refractivity contribution in [3.05, 3.63) is 47.7 Å². The lowest BCUT2D eigenvalue weighted by atomic mass is 9.95. The van der Waals surface area contributed by atoms with Crippen LogP contribution in [-0.2, 0) is 9.47 Å². The lowest BCUT2D eigenvalue weighted by molar-refractivity contribution is 0.0497. The summed E-state index contributed by atoms with van der Waals surface area (Å²) in [6.07, 6.45) is 2.88. The number of methoxy groups -OCH3 is 1. The summed E-state index contributed by atoms with van der Waals surface area (Å²) in [5.74, 6) is 2.93. The Bertz CT molecular complexity index is 2470. The van der Waals surface area contributed by atoms with Gasteiger partial charge in [-0.15, -0.1) is 5.54 Å². The number of nitrogens with one attached hydrogen (secondary N) is 1. The van der Waals surface area contributed by atoms with E-state index in [0.29, 0.717) is 70.4 Å². The molecule has 1 saturated carbocycles. The minimum Gasteiger partial charge on any atom is -0.468 e. The van der Waals surface area contributed by atoms with Crippen molar-refractivity contribution in [2.75, 3.05) is 51.6 Å². The minimum atomic E-state index is -2.32. The summed E-state index contributed by atoms with van der Waals surface area (Å²) in [5.41, 5.74) is 3.17. The van der Waals surface area contributed by atoms with Crippen LogP contribution >= 0.6 is 0 Å². The summed E-state index contributed by atoms with van der Waals surface area (Å²) < 4.78 is 72.1. The number of carbonyl (C=O) groups excluding carboxylic acids is 1. The number of benzene rings is 2. The molecule has 5 heterocycles. The highest BCUT2D eigenvalue weighted by molar-refractivity contribution is 6.90. The third kappa shape index (κ3) is 8.32. The molecule has 4 aliphatic rings. The van der Waals surface area contributed by atoms with Crippen LogP contribution in [0.1, 0.15) is 93.6 Å². The first-order valence-electron chi connectivity index (χ1n) is 22.4. The number of carbonyl (C=O) groups is 1. The van der Waals surface area contributed by atoms with Crippen LogP contribution in [0.4, 0.5) is 23.8 Å². The fourth-order valence-electron chi connectivity index (χ4n) is 11.0. The maximum atomic E-state index is 17.8. The molecule has 3 saturated heterocycles. The smallest absolute Gasteiger partial charge is 0.408 e. The van der Waals surface area contributed by atoms with Gasteiger partial charge in [0.05, 0.1) is 22.0 Å². The molecule has 2 aromatic heterocycles. The van der Waals surface area contributed by atoms with Crippen LogP contribution < -0.4 is 19.7 Å². The molecule has 2 aromatic carbocycles. The van der Waals surface area contributed by atoms with Gasteiger partial charge < -0.3 is 29.2 Å². The predicted octanol–water partition coefficient (Wildman–Crippen LogP) is 9.73. The summed E-state index contributed by atoms with van der Waals surface area (Å²) in [4.78, 5) is 31.5. The molecule has 0 spiro atoms. The number of alkyl carbamates (subject to hydrolysis) is 1. The van der Waals surface area contributed by atoms with Crippen LogP contribution in [0.2, 0.25) is 16.6 Å². The molecule has 3 aliphatic heterocycles. The van der Waals surface area contributed by atoms with E-state index in [9.17, 15) is 9.18 Å². The number of halogens is 3. The highest BCUT2D eigenvalue weighted by Gasteiger charge is 2.62. The fourth-order valence-corrected chi connectivity index (χ4v) is 16.3. The van der Waals surface area contributed by atoms with Crippen molar-refractivity contribution in [3.8, 4) is 34.5 Å². The molecule has 0 radical (unpaired) electrons. The SMILES string of the molecule is COCOc1cc(-c2ncc3c(N4C[C@@H]5C[C@@]5(NC(=O)OC(C)(C)C)C4)nc(OC[C@@]45CCCN4C[C@H](F)C5)nc3c2F)c2c(C#C[Si](C(C)C)(C(C)C)C(C)C)c(F)ccc2c1. The molecule has 63 heavy (non-hydrogen) atoms. The van der Waals surface area contributed by atoms with Gasteiger partial charge in [-0.3, -0.25) is 9.88 Å². The van der Waals surface area contributed by atoms with E-state index in [-0.39, 0.29) is 47.7 Å². The van der Waals surface area contributed by atoms with Crippen LogP contribution in [0.15, 0.2) is 30.5 Å². The van der Waals surface area contributed by atoms with Gasteiger partial charge in [0, 0.05) is 56.2 Å². The van der Waals surface area contributed by atoms with E-state index in [4.69, 9.17) is 33.9 Å². The zero-order valence-corrected chi connectivity index (χ0v) is 39.3. The second-order valence-electron chi connectivity index (χ2n) is 20.1. The van der Waals surface area contributed by atoms with Crippen LogP contribution in [0.25, 0.3) is 32.9 Å². The second-order valence-corrected chi connectivity index (χ2v) is 25.7. The Labute approximate surface area is 369 Å². The summed E-state index contributed by atoms with van der Waals surface area (Å²) in [7, 11) is -0.818. The number of piperidine rings is 1. The van der Waals surface area contributed by atoms with E-state index in [2.05, 4.69) is 63.2 Å². The van der Waals surface area contributed by atoms with Crippen LogP contribution in [0, 0.1) is 29.0 Å². The number of fused-ring (bicyclic) bond motifs is 4. The Morgan fingerprint density at radius 1 is 1.03 bits per heavy atom. The molecule has 4 aromatic rings. The van der Waals surface area contributed by atoms with Crippen LogP contribution in [-0.4, -0.2) is 104 Å². The number of rotatable bonds is 12. The maximum absolute atomic E-state index is 17.8. The Kier molecular flexibility index (Phi) is 11.9. The van der Waals surface area contributed by atoms with Crippen LogP contribution in [0.5, 0.6) is 11.8 Å². The monoisotopic (exact) mass is 886 g/mol. The first-order chi connectivity index (χ1) is 29.8. The van der Waals surface area contributed by atoms with Gasteiger partial charge in [-0.2, -0.15) is 9.97 Å². The summed E-state index contributed by atoms with van der Waals surface area (Å²) in [5, 5.41) is 4.43. The highest BCUT2D eigenvalue weighted by Crippen LogP contribution is 2.52. The zero-order valence-electron chi connectivity index (χ0n) is 38.3. The average molecular weight is 887 g/mol. The van der Waals surface area contributed by atoms with Gasteiger partial charge >= 0.3 is 12.1 Å². The van der Waals surface area contributed by atoms with E-state index < -0.39 is 48.7 Å². The first kappa shape index (κ1) is 44.9. The Balaban J connectivity index is 1.28. The van der Waals surface area contributed by atoms with Crippen molar-refractivity contribution in [1.29, 1.82) is 0 Å². The Morgan fingerprint density at radius 2 is 1.78 bits per heavy atom. The van der Waals surface area contributed by atoms with E-state index in [1.807, 2.05) is 25.7 Å². The lowest BCUT2D eigenvalue weighted by Gasteiger charge is -2.38. The van der Waals surface area contributed by atoms with Gasteiger partial charge in [0.2, 0.25) is 0 Å². The molecule has 4 fully saturated rings. The number of nitrogens with zero attached hydrogens (tertiary/aromatic N) is 5. The molecule has 1 N–H and O–H groups in total. The number of alkyl halides is 1. The number of aromatic nitrogens is 3. The quantitative estimate of drug-likeness (QED) is 0.0839. The second kappa shape index (κ2) is 16.7. The third-order valence-electron chi connectivity index (χ3n) is 14.0. The maximum Gasteiger partial charge on any atom is 0.408 e. The molecule has 15 heteroatoms. The van der Waals surface area contributed by atoms with Gasteiger partial charge in [-0.25, -0.2) is 18.0 Å². The lowest BCUT2D eigenvalue weighted by Crippen LogP contribution is -2.45. The topological polar surface area (TPSA) is 111 Å². The number of pyridine rings is 1. The summed E-state index contributed by atoms with van der Waals surface area (Å²) in [6, 6.07) is 6.38. The van der Waals surface area contributed by atoms with Crippen molar-refractivity contribution < 1.29 is 36.9 Å². The molecule has 1 aliphatic carbocycles. The van der Waals surface area contributed by atoms with Gasteiger partial charge in [0.15, 0.2) is 12.6 Å². The fraction of sp³-hybridized carbons (Fsp3) is 0.583. The van der Waals surface area contributed by atoms with Crippen molar-refractivity contribution in [2.24, 2.45) is 5.92 Å². The molecule has 11 nitrogen and oxygen atoms in total. The Hall–Kier alpha value is -4.65. The molecule has 0 bridgehead atoms. The van der Waals surface area contributed by atoms with E-state index in [0.717, 1.165) is 25.8 Å². The summed E-state index contributed by atoms with van der Waals surface area (Å²) in [6.45, 7) is 20.8. The van der Waals surface area contributed by atoms with Crippen molar-refractivity contribution >= 4 is 41.7 Å². The van der Waals surface area contributed by atoms with E-state index in [1.165, 1.54) is 13.2 Å². The van der Waals surface area contributed by atoms with Crippen LogP contribution in [0.3, 0.4) is 0 Å². The van der Waals surface area contributed by atoms with Gasteiger partial charge in [-0.05, 0) is 86.8 Å². The standard InChI is InChI=1S/C48H61F3N6O5Si/c1-28(2)63(29(3)4,30(5)6)17-14-35-38(50)13-12-31-18-34(61-27-59-10)19-36(39(31)35)41-40(51)42-37(22-52-41)43(56-23-32-20-48(32,25-56)55-45(58)62-46(7,8)9)54-44(53-42)60-26-47-15-11-16-57(47)24-33(49)21-47/h12-13,18-19,22,28-30,32-33H,11,15-16,20-21,23-27H2,1-10H3,(H,55,58)/t32-,33+,47-,48+/m0/s1. The molecule has 338 valence electrons. The molecule has 4 atom stereocenters. The normalized spacial score (nSPS) is 23.4. The molecular formula is C48H61F3N6O5Si. The first-order valence-corrected chi connectivity index (χ1v) is 24.6. The number of amides is 1. The third-order valence-corrected chi connectivity index (χ3v) is 20.3. The number of ether oxygens (including phenoxy) is 4. The molecule has 0 unspecified atom stereocenters. The highest BCUT2D eigenvalue weighted by atomic mass is 28.3. The van der Waals surface area contributed by atoms with Crippen molar-refractivity contribution in [1.82, 2.24) is 25.2 Å². The van der Waals surface area contributed by atoms with E-state index >= 15 is 8.78 Å². The minimum absolute atomic E-state index is 0.0449. The molecular weight excluding hydrogens is 826 g/mol. The number of hydrogen-bond donors (Lipinski definition) is 1.